The fraction of sp³-hybridized carbons (Fsp3) is 0.667. The molecule has 0 rings (SSSR count). The van der Waals surface area contributed by atoms with Crippen LogP contribution in [0.3, 0.4) is 0 Å². The highest BCUT2D eigenvalue weighted by Crippen LogP contribution is 2.24. The Bertz CT molecular complexity index is 197. The van der Waals surface area contributed by atoms with Crippen LogP contribution in [0.1, 0.15) is 33.6 Å². The van der Waals surface area contributed by atoms with Gasteiger partial charge in [-0.2, -0.15) is 0 Å². The van der Waals surface area contributed by atoms with Gasteiger partial charge in [0.2, 0.25) is 0 Å². The molecule has 11 heavy (non-hydrogen) atoms. The summed E-state index contributed by atoms with van der Waals surface area (Å²) in [7, 11) is 0. The van der Waals surface area contributed by atoms with Crippen molar-refractivity contribution < 1.29 is 9.90 Å². The van der Waals surface area contributed by atoms with Crippen molar-refractivity contribution in [2.45, 2.75) is 33.6 Å². The molecule has 0 amide bonds. The molecule has 0 aromatic rings. The number of hydrogen-bond donors (Lipinski definition) is 1. The highest BCUT2D eigenvalue weighted by Gasteiger charge is 2.29. The predicted molar refractivity (Wildman–Crippen MR) is 44.1 cm³/mol. The molecule has 0 aliphatic heterocycles. The summed E-state index contributed by atoms with van der Waals surface area (Å²) >= 11 is 0. The molecule has 0 fully saturated rings. The Morgan fingerprint density at radius 2 is 2.18 bits per heavy atom. The molecule has 0 radical (unpaired) electrons. The minimum Gasteiger partial charge on any atom is -0.481 e. The molecule has 0 aliphatic rings. The third kappa shape index (κ3) is 2.63. The second kappa shape index (κ2) is 4.02. The number of carbonyl (C=O) groups is 1. The molecule has 0 aromatic heterocycles. The molecule has 0 saturated carbocycles. The molecule has 1 unspecified atom stereocenters. The molecule has 62 valence electrons. The van der Waals surface area contributed by atoms with E-state index in [0.717, 1.165) is 0 Å². The van der Waals surface area contributed by atoms with Crippen LogP contribution in [-0.4, -0.2) is 11.1 Å². The highest BCUT2D eigenvalue weighted by molar-refractivity contribution is 5.74. The number of hydrogen-bond acceptors (Lipinski definition) is 1. The van der Waals surface area contributed by atoms with Gasteiger partial charge in [0.25, 0.3) is 0 Å². The molecular formula is C9H14O2. The van der Waals surface area contributed by atoms with Crippen molar-refractivity contribution in [3.8, 4) is 11.8 Å². The van der Waals surface area contributed by atoms with Crippen molar-refractivity contribution in [3.05, 3.63) is 0 Å². The van der Waals surface area contributed by atoms with Crippen LogP contribution in [0.5, 0.6) is 0 Å². The molecule has 2 heteroatoms. The minimum atomic E-state index is -0.761. The lowest BCUT2D eigenvalue weighted by Crippen LogP contribution is -2.25. The van der Waals surface area contributed by atoms with E-state index in [0.29, 0.717) is 12.8 Å². The Morgan fingerprint density at radius 1 is 1.64 bits per heavy atom. The zero-order valence-corrected chi connectivity index (χ0v) is 7.27. The van der Waals surface area contributed by atoms with E-state index in [1.165, 1.54) is 0 Å². The van der Waals surface area contributed by atoms with Gasteiger partial charge in [-0.25, -0.2) is 0 Å². The van der Waals surface area contributed by atoms with Gasteiger partial charge in [0.05, 0.1) is 5.41 Å². The van der Waals surface area contributed by atoms with Gasteiger partial charge in [0, 0.05) is 6.42 Å². The van der Waals surface area contributed by atoms with Crippen LogP contribution < -0.4 is 0 Å². The standard InChI is InChI=1S/C9H14O2/c1-4-6-7-9(3,5-2)8(10)11/h5,7H2,1-3H3,(H,10,11). The molecule has 1 N–H and O–H groups in total. The van der Waals surface area contributed by atoms with Gasteiger partial charge < -0.3 is 5.11 Å². The zero-order chi connectivity index (χ0) is 8.91. The van der Waals surface area contributed by atoms with Crippen LogP contribution in [0, 0.1) is 17.3 Å². The zero-order valence-electron chi connectivity index (χ0n) is 7.27. The maximum Gasteiger partial charge on any atom is 0.310 e. The third-order valence-electron chi connectivity index (χ3n) is 1.95. The first-order valence-electron chi connectivity index (χ1n) is 3.70. The van der Waals surface area contributed by atoms with Gasteiger partial charge in [-0.15, -0.1) is 11.8 Å². The first-order chi connectivity index (χ1) is 5.06. The van der Waals surface area contributed by atoms with E-state index in [2.05, 4.69) is 11.8 Å². The monoisotopic (exact) mass is 154 g/mol. The lowest BCUT2D eigenvalue weighted by atomic mass is 9.84. The Balaban J connectivity index is 4.30. The van der Waals surface area contributed by atoms with Gasteiger partial charge in [-0.1, -0.05) is 6.92 Å². The van der Waals surface area contributed by atoms with E-state index in [4.69, 9.17) is 5.11 Å². The van der Waals surface area contributed by atoms with Crippen molar-refractivity contribution in [2.75, 3.05) is 0 Å². The first-order valence-corrected chi connectivity index (χ1v) is 3.70. The van der Waals surface area contributed by atoms with Crippen molar-refractivity contribution in [3.63, 3.8) is 0 Å². The highest BCUT2D eigenvalue weighted by atomic mass is 16.4. The van der Waals surface area contributed by atoms with Gasteiger partial charge in [0.1, 0.15) is 0 Å². The second-order valence-electron chi connectivity index (χ2n) is 2.82. The molecule has 0 aromatic carbocycles. The molecular weight excluding hydrogens is 140 g/mol. The predicted octanol–water partition coefficient (Wildman–Crippen LogP) is 1.90. The molecule has 0 aliphatic carbocycles. The van der Waals surface area contributed by atoms with Gasteiger partial charge in [-0.3, -0.25) is 4.79 Å². The maximum atomic E-state index is 10.7. The molecule has 1 atom stereocenters. The molecule has 0 bridgehead atoms. The lowest BCUT2D eigenvalue weighted by molar-refractivity contribution is -0.147. The van der Waals surface area contributed by atoms with Gasteiger partial charge >= 0.3 is 5.97 Å². The lowest BCUT2D eigenvalue weighted by Gasteiger charge is -2.19. The van der Waals surface area contributed by atoms with Crippen LogP contribution in [0.2, 0.25) is 0 Å². The molecule has 0 spiro atoms. The summed E-state index contributed by atoms with van der Waals surface area (Å²) < 4.78 is 0. The van der Waals surface area contributed by atoms with Crippen LogP contribution in [0.4, 0.5) is 0 Å². The third-order valence-corrected chi connectivity index (χ3v) is 1.95. The Morgan fingerprint density at radius 3 is 2.45 bits per heavy atom. The summed E-state index contributed by atoms with van der Waals surface area (Å²) in [5.74, 6) is 4.73. The summed E-state index contributed by atoms with van der Waals surface area (Å²) in [6.07, 6.45) is 1.06. The van der Waals surface area contributed by atoms with Crippen molar-refractivity contribution in [2.24, 2.45) is 5.41 Å². The summed E-state index contributed by atoms with van der Waals surface area (Å²) in [5.41, 5.74) is -0.664. The van der Waals surface area contributed by atoms with E-state index < -0.39 is 11.4 Å². The number of carboxylic acids is 1. The Labute approximate surface area is 67.6 Å². The van der Waals surface area contributed by atoms with E-state index in [1.54, 1.807) is 13.8 Å². The summed E-state index contributed by atoms with van der Waals surface area (Å²) in [6.45, 7) is 5.31. The summed E-state index contributed by atoms with van der Waals surface area (Å²) in [6, 6.07) is 0. The van der Waals surface area contributed by atoms with E-state index >= 15 is 0 Å². The van der Waals surface area contributed by atoms with E-state index in [9.17, 15) is 4.79 Å². The second-order valence-corrected chi connectivity index (χ2v) is 2.82. The first kappa shape index (κ1) is 10.0. The molecule has 0 heterocycles. The number of rotatable bonds is 3. The normalized spacial score (nSPS) is 14.5. The van der Waals surface area contributed by atoms with Crippen LogP contribution in [-0.2, 0) is 4.79 Å². The van der Waals surface area contributed by atoms with Crippen LogP contribution in [0.25, 0.3) is 0 Å². The number of carboxylic acid groups (broad SMARTS) is 1. The minimum absolute atomic E-state index is 0.440. The topological polar surface area (TPSA) is 37.3 Å². The Kier molecular flexibility index (Phi) is 3.67. The van der Waals surface area contributed by atoms with Crippen LogP contribution in [0.15, 0.2) is 0 Å². The smallest absolute Gasteiger partial charge is 0.310 e. The van der Waals surface area contributed by atoms with Crippen molar-refractivity contribution in [1.82, 2.24) is 0 Å². The largest absolute Gasteiger partial charge is 0.481 e. The Hall–Kier alpha value is -0.970. The SMILES string of the molecule is CC#CCC(C)(CC)C(=O)O. The average Bonchev–Trinajstić information content (AvgIpc) is 2.00. The maximum absolute atomic E-state index is 10.7. The molecule has 2 nitrogen and oxygen atoms in total. The number of aliphatic carboxylic acids is 1. The van der Waals surface area contributed by atoms with Gasteiger partial charge in [-0.05, 0) is 20.3 Å². The summed E-state index contributed by atoms with van der Waals surface area (Å²) in [4.78, 5) is 10.7. The average molecular weight is 154 g/mol. The van der Waals surface area contributed by atoms with E-state index in [-0.39, 0.29) is 0 Å². The fourth-order valence-electron chi connectivity index (χ4n) is 0.635. The fourth-order valence-corrected chi connectivity index (χ4v) is 0.635. The molecule has 0 saturated heterocycles. The van der Waals surface area contributed by atoms with Crippen molar-refractivity contribution >= 4 is 5.97 Å². The quantitative estimate of drug-likeness (QED) is 0.630. The van der Waals surface area contributed by atoms with E-state index in [1.807, 2.05) is 6.92 Å². The van der Waals surface area contributed by atoms with Crippen molar-refractivity contribution in [1.29, 1.82) is 0 Å². The van der Waals surface area contributed by atoms with Crippen LogP contribution >= 0.6 is 0 Å². The van der Waals surface area contributed by atoms with Gasteiger partial charge in [0.15, 0.2) is 0 Å². The summed E-state index contributed by atoms with van der Waals surface area (Å²) in [5, 5.41) is 8.79.